The van der Waals surface area contributed by atoms with Crippen LogP contribution in [0.1, 0.15) is 85.5 Å². The molecule has 0 bridgehead atoms. The monoisotopic (exact) mass is 452 g/mol. The minimum absolute atomic E-state index is 0.0584. The maximum Gasteiger partial charge on any atom is 0.311 e. The number of aliphatic hydroxyl groups excluding tert-OH is 1. The highest BCUT2D eigenvalue weighted by Crippen LogP contribution is 2.51. The van der Waals surface area contributed by atoms with E-state index in [1.807, 2.05) is 20.8 Å². The average Bonchev–Trinajstić information content (AvgIpc) is 2.72. The lowest BCUT2D eigenvalue weighted by Crippen LogP contribution is -2.49. The van der Waals surface area contributed by atoms with Crippen LogP contribution in [0.3, 0.4) is 0 Å². The minimum atomic E-state index is -0.808. The summed E-state index contributed by atoms with van der Waals surface area (Å²) in [7, 11) is 0. The normalized spacial score (nSPS) is 37.8. The number of carbonyl (C=O) groups excluding carboxylic acids is 2. The van der Waals surface area contributed by atoms with Gasteiger partial charge in [0, 0.05) is 12.3 Å². The highest BCUT2D eigenvalue weighted by Gasteiger charge is 2.49. The number of hydrogen-bond donors (Lipinski definition) is 2. The van der Waals surface area contributed by atoms with Crippen molar-refractivity contribution in [2.75, 3.05) is 0 Å². The van der Waals surface area contributed by atoms with E-state index in [0.717, 1.165) is 19.3 Å². The average molecular weight is 453 g/mol. The van der Waals surface area contributed by atoms with Crippen molar-refractivity contribution < 1.29 is 34.1 Å². The Kier molecular flexibility index (Phi) is 7.89. The van der Waals surface area contributed by atoms with E-state index < -0.39 is 29.5 Å². The smallest absolute Gasteiger partial charge is 0.311 e. The fourth-order valence-corrected chi connectivity index (χ4v) is 6.03. The van der Waals surface area contributed by atoms with E-state index in [9.17, 15) is 24.6 Å². The van der Waals surface area contributed by atoms with Gasteiger partial charge in [-0.15, -0.1) is 0 Å². The standard InChI is InChI=1S/C25H40O7/c1-5-25(3,4)24(30)32-20-11-16(23(28)29)10-15-7-6-14(2)19(22(15)20)9-8-18-12-17(26)13-21(27)31-18/h14-20,22,26H,5-13H2,1-4H3,(H,28,29)/t14-,15-,16-,17+,18+,19-,20-,22-/m0/s1. The van der Waals surface area contributed by atoms with Crippen LogP contribution in [0.2, 0.25) is 0 Å². The molecule has 0 aromatic rings. The van der Waals surface area contributed by atoms with Crippen LogP contribution in [0.4, 0.5) is 0 Å². The molecule has 182 valence electrons. The topological polar surface area (TPSA) is 110 Å². The molecule has 0 radical (unpaired) electrons. The van der Waals surface area contributed by atoms with E-state index in [1.54, 1.807) is 0 Å². The third-order valence-corrected chi connectivity index (χ3v) is 8.40. The fraction of sp³-hybridized carbons (Fsp3) is 0.880. The molecular formula is C25H40O7. The van der Waals surface area contributed by atoms with E-state index in [0.29, 0.717) is 38.0 Å². The number of rotatable bonds is 7. The zero-order chi connectivity index (χ0) is 23.6. The Morgan fingerprint density at radius 2 is 1.88 bits per heavy atom. The predicted molar refractivity (Wildman–Crippen MR) is 118 cm³/mol. The van der Waals surface area contributed by atoms with Crippen molar-refractivity contribution in [3.05, 3.63) is 0 Å². The second-order valence-electron chi connectivity index (χ2n) is 11.0. The van der Waals surface area contributed by atoms with E-state index in [1.165, 1.54) is 0 Å². The second kappa shape index (κ2) is 10.1. The summed E-state index contributed by atoms with van der Waals surface area (Å²) >= 11 is 0. The summed E-state index contributed by atoms with van der Waals surface area (Å²) in [5, 5.41) is 19.6. The molecule has 1 saturated heterocycles. The van der Waals surface area contributed by atoms with Crippen molar-refractivity contribution in [2.45, 2.75) is 104 Å². The molecule has 3 aliphatic rings. The zero-order valence-corrected chi connectivity index (χ0v) is 19.9. The Labute approximate surface area is 191 Å². The lowest BCUT2D eigenvalue weighted by molar-refractivity contribution is -0.177. The van der Waals surface area contributed by atoms with Crippen LogP contribution in [0.5, 0.6) is 0 Å². The van der Waals surface area contributed by atoms with Crippen molar-refractivity contribution in [1.29, 1.82) is 0 Å². The first-order valence-electron chi connectivity index (χ1n) is 12.3. The molecule has 1 aliphatic heterocycles. The molecule has 2 saturated carbocycles. The van der Waals surface area contributed by atoms with Crippen LogP contribution in [0.15, 0.2) is 0 Å². The molecule has 32 heavy (non-hydrogen) atoms. The number of carboxylic acid groups (broad SMARTS) is 1. The van der Waals surface area contributed by atoms with Crippen LogP contribution in [0, 0.1) is 35.0 Å². The Bertz CT molecular complexity index is 702. The van der Waals surface area contributed by atoms with Crippen molar-refractivity contribution in [3.63, 3.8) is 0 Å². The number of carbonyl (C=O) groups is 3. The summed E-state index contributed by atoms with van der Waals surface area (Å²) in [5.74, 6) is -0.871. The lowest BCUT2D eigenvalue weighted by atomic mass is 9.57. The number of esters is 2. The number of ether oxygens (including phenoxy) is 2. The van der Waals surface area contributed by atoms with Gasteiger partial charge in [0.15, 0.2) is 0 Å². The molecule has 2 aliphatic carbocycles. The van der Waals surface area contributed by atoms with Gasteiger partial charge in [-0.3, -0.25) is 14.4 Å². The summed E-state index contributed by atoms with van der Waals surface area (Å²) in [6.45, 7) is 7.92. The number of carboxylic acids is 1. The van der Waals surface area contributed by atoms with Crippen LogP contribution in [-0.4, -0.2) is 46.4 Å². The van der Waals surface area contributed by atoms with Gasteiger partial charge in [0.05, 0.1) is 23.9 Å². The summed E-state index contributed by atoms with van der Waals surface area (Å²) < 4.78 is 11.5. The largest absolute Gasteiger partial charge is 0.481 e. The summed E-state index contributed by atoms with van der Waals surface area (Å²) in [4.78, 5) is 36.5. The van der Waals surface area contributed by atoms with Gasteiger partial charge in [-0.25, -0.2) is 0 Å². The quantitative estimate of drug-likeness (QED) is 0.563. The van der Waals surface area contributed by atoms with Gasteiger partial charge in [-0.1, -0.05) is 20.3 Å². The molecule has 8 atom stereocenters. The zero-order valence-electron chi connectivity index (χ0n) is 19.9. The SMILES string of the molecule is CCC(C)(C)C(=O)O[C@H]1C[C@@H](C(=O)O)C[C@@H]2CC[C@H](C)[C@H](CC[C@@H]3C[C@@H](O)CC(=O)O3)[C@H]21. The molecule has 0 aromatic heterocycles. The molecular weight excluding hydrogens is 412 g/mol. The fourth-order valence-electron chi connectivity index (χ4n) is 6.03. The van der Waals surface area contributed by atoms with Crippen molar-refractivity contribution in [3.8, 4) is 0 Å². The molecule has 0 unspecified atom stereocenters. The highest BCUT2D eigenvalue weighted by molar-refractivity contribution is 5.76. The van der Waals surface area contributed by atoms with Crippen LogP contribution in [0.25, 0.3) is 0 Å². The third-order valence-electron chi connectivity index (χ3n) is 8.40. The number of cyclic esters (lactones) is 1. The first-order chi connectivity index (χ1) is 15.0. The maximum atomic E-state index is 12.9. The Morgan fingerprint density at radius 3 is 2.50 bits per heavy atom. The number of aliphatic carboxylic acids is 1. The number of aliphatic hydroxyl groups is 1. The van der Waals surface area contributed by atoms with Gasteiger partial charge in [0.1, 0.15) is 12.2 Å². The van der Waals surface area contributed by atoms with Gasteiger partial charge < -0.3 is 19.7 Å². The van der Waals surface area contributed by atoms with E-state index in [4.69, 9.17) is 9.47 Å². The van der Waals surface area contributed by atoms with Gasteiger partial charge in [0.2, 0.25) is 0 Å². The number of fused-ring (bicyclic) bond motifs is 1. The lowest BCUT2D eigenvalue weighted by Gasteiger charge is -2.50. The van der Waals surface area contributed by atoms with Crippen LogP contribution < -0.4 is 0 Å². The van der Waals surface area contributed by atoms with Crippen molar-refractivity contribution >= 4 is 17.9 Å². The van der Waals surface area contributed by atoms with Gasteiger partial charge >= 0.3 is 17.9 Å². The molecule has 2 N–H and O–H groups in total. The molecule has 0 amide bonds. The first kappa shape index (κ1) is 25.0. The van der Waals surface area contributed by atoms with Gasteiger partial charge in [0.25, 0.3) is 0 Å². The first-order valence-corrected chi connectivity index (χ1v) is 12.3. The molecule has 3 rings (SSSR count). The second-order valence-corrected chi connectivity index (χ2v) is 11.0. The molecule has 1 heterocycles. The summed E-state index contributed by atoms with van der Waals surface area (Å²) in [5.41, 5.74) is -0.603. The van der Waals surface area contributed by atoms with Gasteiger partial charge in [-0.05, 0) is 70.1 Å². The van der Waals surface area contributed by atoms with Gasteiger partial charge in [-0.2, -0.15) is 0 Å². The Balaban J connectivity index is 1.77. The maximum absolute atomic E-state index is 12.9. The molecule has 7 nitrogen and oxygen atoms in total. The predicted octanol–water partition coefficient (Wildman–Crippen LogP) is 3.95. The van der Waals surface area contributed by atoms with Crippen LogP contribution in [-0.2, 0) is 23.9 Å². The number of hydrogen-bond acceptors (Lipinski definition) is 6. The van der Waals surface area contributed by atoms with Crippen molar-refractivity contribution in [2.24, 2.45) is 35.0 Å². The van der Waals surface area contributed by atoms with E-state index >= 15 is 0 Å². The molecule has 3 fully saturated rings. The van der Waals surface area contributed by atoms with Crippen molar-refractivity contribution in [1.82, 2.24) is 0 Å². The summed E-state index contributed by atoms with van der Waals surface area (Å²) in [6.07, 6.45) is 4.30. The Hall–Kier alpha value is -1.63. The van der Waals surface area contributed by atoms with E-state index in [2.05, 4.69) is 6.92 Å². The third kappa shape index (κ3) is 5.64. The van der Waals surface area contributed by atoms with Crippen LogP contribution >= 0.6 is 0 Å². The summed E-state index contributed by atoms with van der Waals surface area (Å²) in [6, 6.07) is 0. The molecule has 7 heteroatoms. The van der Waals surface area contributed by atoms with E-state index in [-0.39, 0.29) is 42.2 Å². The molecule has 0 spiro atoms. The minimum Gasteiger partial charge on any atom is -0.481 e. The Morgan fingerprint density at radius 1 is 1.16 bits per heavy atom. The molecule has 0 aromatic carbocycles. The highest BCUT2D eigenvalue weighted by atomic mass is 16.6.